The van der Waals surface area contributed by atoms with Gasteiger partial charge in [0.25, 0.3) is 0 Å². The number of primary amides is 1. The highest BCUT2D eigenvalue weighted by Crippen LogP contribution is 2.37. The number of nitrogens with one attached hydrogen (secondary N) is 2. The molecule has 0 bridgehead atoms. The van der Waals surface area contributed by atoms with Gasteiger partial charge < -0.3 is 40.8 Å². The molecule has 0 aromatic heterocycles. The zero-order chi connectivity index (χ0) is 29.9. The molecular formula is C25H45N5O8Si. The molecule has 2 saturated heterocycles. The molecule has 14 heteroatoms. The molecule has 6 atom stereocenters. The molecule has 0 spiro atoms. The Bertz CT molecular complexity index is 953. The van der Waals surface area contributed by atoms with Crippen LogP contribution in [-0.2, 0) is 23.6 Å². The summed E-state index contributed by atoms with van der Waals surface area (Å²) >= 11 is 0. The molecule has 2 aliphatic rings. The van der Waals surface area contributed by atoms with Crippen LogP contribution in [0.25, 0.3) is 0 Å². The molecule has 39 heavy (non-hydrogen) atoms. The average molecular weight is 572 g/mol. The quantitative estimate of drug-likeness (QED) is 0.228. The number of aliphatic hydroxyl groups excluding tert-OH is 1. The van der Waals surface area contributed by atoms with E-state index >= 15 is 0 Å². The summed E-state index contributed by atoms with van der Waals surface area (Å²) in [6.07, 6.45) is -2.37. The molecule has 0 aromatic carbocycles. The molecule has 0 radical (unpaired) electrons. The van der Waals surface area contributed by atoms with Crippen molar-refractivity contribution >= 4 is 38.0 Å². The molecule has 0 saturated carbocycles. The standard InChI is InChI=1S/C25H45N5O8Si/c1-14(31)18(20(26)32)27-21(33)16-8-10-29(12-16)22(34)17-9-11-30(13-17)23(35)19(28-24(36)37)15(2)38-39(6,7)25(3,4)5/h14-19,28,31H,8-13H2,1-7H3,(H2,26,32)(H,27,33)(H,36,37)/t14?,15?,16-,17-,18?,19?/m1/s1. The largest absolute Gasteiger partial charge is 0.465 e. The second-order valence-electron chi connectivity index (χ2n) is 12.2. The lowest BCUT2D eigenvalue weighted by Gasteiger charge is -2.40. The molecular weight excluding hydrogens is 526 g/mol. The molecule has 0 aromatic rings. The maximum absolute atomic E-state index is 13.4. The normalized spacial score (nSPS) is 23.1. The Labute approximate surface area is 230 Å². The minimum Gasteiger partial charge on any atom is -0.465 e. The lowest BCUT2D eigenvalue weighted by atomic mass is 10.1. The van der Waals surface area contributed by atoms with Crippen LogP contribution in [-0.4, -0.2) is 109 Å². The molecule has 2 aliphatic heterocycles. The number of nitrogens with two attached hydrogens (primary N) is 1. The second-order valence-corrected chi connectivity index (χ2v) is 16.9. The van der Waals surface area contributed by atoms with Gasteiger partial charge in [-0.05, 0) is 44.8 Å². The van der Waals surface area contributed by atoms with Crippen molar-refractivity contribution in [2.45, 2.75) is 89.9 Å². The number of hydrogen-bond donors (Lipinski definition) is 5. The van der Waals surface area contributed by atoms with Crippen molar-refractivity contribution in [2.75, 3.05) is 26.2 Å². The van der Waals surface area contributed by atoms with E-state index in [1.54, 1.807) is 11.8 Å². The van der Waals surface area contributed by atoms with E-state index in [4.69, 9.17) is 10.2 Å². The van der Waals surface area contributed by atoms with E-state index < -0.39 is 68.3 Å². The van der Waals surface area contributed by atoms with Gasteiger partial charge in [0.15, 0.2) is 8.32 Å². The van der Waals surface area contributed by atoms with E-state index in [0.29, 0.717) is 25.9 Å². The van der Waals surface area contributed by atoms with Gasteiger partial charge in [-0.25, -0.2) is 4.79 Å². The zero-order valence-electron chi connectivity index (χ0n) is 24.0. The highest BCUT2D eigenvalue weighted by atomic mass is 28.4. The van der Waals surface area contributed by atoms with Crippen molar-refractivity contribution < 1.29 is 38.6 Å². The predicted octanol–water partition coefficient (Wildman–Crippen LogP) is 0.0808. The van der Waals surface area contributed by atoms with Crippen LogP contribution in [0.4, 0.5) is 4.79 Å². The summed E-state index contributed by atoms with van der Waals surface area (Å²) in [5.74, 6) is -2.96. The first kappa shape index (κ1) is 32.5. The first-order chi connectivity index (χ1) is 17.9. The van der Waals surface area contributed by atoms with E-state index in [-0.39, 0.29) is 24.0 Å². The summed E-state index contributed by atoms with van der Waals surface area (Å²) in [6.45, 7) is 14.2. The summed E-state index contributed by atoms with van der Waals surface area (Å²) in [7, 11) is -2.29. The van der Waals surface area contributed by atoms with Crippen LogP contribution in [0.2, 0.25) is 18.1 Å². The van der Waals surface area contributed by atoms with Crippen LogP contribution in [0, 0.1) is 11.8 Å². The predicted molar refractivity (Wildman–Crippen MR) is 145 cm³/mol. The molecule has 0 aliphatic carbocycles. The van der Waals surface area contributed by atoms with Crippen LogP contribution in [0.3, 0.4) is 0 Å². The van der Waals surface area contributed by atoms with Crippen LogP contribution in [0.1, 0.15) is 47.5 Å². The number of hydrogen-bond acceptors (Lipinski definition) is 7. The van der Waals surface area contributed by atoms with E-state index in [9.17, 15) is 34.2 Å². The minimum atomic E-state index is -2.29. The molecule has 5 amide bonds. The first-order valence-corrected chi connectivity index (χ1v) is 16.3. The average Bonchev–Trinajstić information content (AvgIpc) is 3.48. The smallest absolute Gasteiger partial charge is 0.405 e. The Kier molecular flexibility index (Phi) is 10.5. The Balaban J connectivity index is 2.01. The summed E-state index contributed by atoms with van der Waals surface area (Å²) in [6, 6.07) is -2.33. The minimum absolute atomic E-state index is 0.134. The molecule has 2 rings (SSSR count). The lowest BCUT2D eigenvalue weighted by molar-refractivity contribution is -0.136. The maximum atomic E-state index is 13.4. The Morgan fingerprint density at radius 3 is 2.00 bits per heavy atom. The Morgan fingerprint density at radius 2 is 1.49 bits per heavy atom. The van der Waals surface area contributed by atoms with Crippen molar-refractivity contribution in [3.05, 3.63) is 0 Å². The highest BCUT2D eigenvalue weighted by molar-refractivity contribution is 6.74. The van der Waals surface area contributed by atoms with E-state index in [1.807, 2.05) is 13.1 Å². The van der Waals surface area contributed by atoms with E-state index in [0.717, 1.165) is 0 Å². The highest BCUT2D eigenvalue weighted by Gasteiger charge is 2.44. The van der Waals surface area contributed by atoms with Crippen LogP contribution >= 0.6 is 0 Å². The van der Waals surface area contributed by atoms with E-state index in [2.05, 4.69) is 31.4 Å². The van der Waals surface area contributed by atoms with Crippen molar-refractivity contribution in [2.24, 2.45) is 17.6 Å². The molecule has 2 fully saturated rings. The fraction of sp³-hybridized carbons (Fsp3) is 0.800. The third-order valence-corrected chi connectivity index (χ3v) is 12.7. The molecule has 222 valence electrons. The van der Waals surface area contributed by atoms with Crippen molar-refractivity contribution in [3.8, 4) is 0 Å². The summed E-state index contributed by atoms with van der Waals surface area (Å²) < 4.78 is 6.30. The van der Waals surface area contributed by atoms with Gasteiger partial charge in [0, 0.05) is 26.2 Å². The summed E-state index contributed by atoms with van der Waals surface area (Å²) in [4.78, 5) is 65.3. The summed E-state index contributed by atoms with van der Waals surface area (Å²) in [5, 5.41) is 23.7. The number of rotatable bonds is 10. The van der Waals surface area contributed by atoms with Gasteiger partial charge in [-0.15, -0.1) is 0 Å². The maximum Gasteiger partial charge on any atom is 0.405 e. The number of carbonyl (C=O) groups is 5. The summed E-state index contributed by atoms with van der Waals surface area (Å²) in [5.41, 5.74) is 5.24. The van der Waals surface area contributed by atoms with Crippen molar-refractivity contribution in [3.63, 3.8) is 0 Å². The van der Waals surface area contributed by atoms with Crippen LogP contribution < -0.4 is 16.4 Å². The Hall–Kier alpha value is -2.71. The topological polar surface area (TPSA) is 192 Å². The monoisotopic (exact) mass is 571 g/mol. The van der Waals surface area contributed by atoms with Gasteiger partial charge in [-0.2, -0.15) is 0 Å². The van der Waals surface area contributed by atoms with Crippen LogP contribution in [0.5, 0.6) is 0 Å². The SMILES string of the molecule is CC(O)C(NC(=O)[C@@H]1CCN(C(=O)[C@@H]2CCN(C(=O)C(NC(=O)O)C(C)O[Si](C)(C)C(C)(C)C)C2)C1)C(N)=O. The van der Waals surface area contributed by atoms with Crippen LogP contribution in [0.15, 0.2) is 0 Å². The van der Waals surface area contributed by atoms with Crippen molar-refractivity contribution in [1.82, 2.24) is 20.4 Å². The number of aliphatic hydroxyl groups is 1. The molecule has 4 unspecified atom stereocenters. The number of nitrogens with zero attached hydrogens (tertiary/aromatic N) is 2. The number of amides is 5. The fourth-order valence-corrected chi connectivity index (χ4v) is 6.13. The number of carbonyl (C=O) groups excluding carboxylic acids is 4. The first-order valence-electron chi connectivity index (χ1n) is 13.4. The molecule has 2 heterocycles. The van der Waals surface area contributed by atoms with Gasteiger partial charge in [-0.1, -0.05) is 20.8 Å². The van der Waals surface area contributed by atoms with Gasteiger partial charge in [0.05, 0.1) is 24.0 Å². The Morgan fingerprint density at radius 1 is 0.949 bits per heavy atom. The van der Waals surface area contributed by atoms with Gasteiger partial charge in [0.1, 0.15) is 12.1 Å². The molecule has 13 nitrogen and oxygen atoms in total. The van der Waals surface area contributed by atoms with E-state index in [1.165, 1.54) is 11.8 Å². The fourth-order valence-electron chi connectivity index (χ4n) is 4.71. The van der Waals surface area contributed by atoms with Crippen molar-refractivity contribution in [1.29, 1.82) is 0 Å². The number of likely N-dealkylation sites (tertiary alicyclic amines) is 2. The van der Waals surface area contributed by atoms with Gasteiger partial charge >= 0.3 is 6.09 Å². The third-order valence-electron chi connectivity index (χ3n) is 8.11. The van der Waals surface area contributed by atoms with Gasteiger partial charge in [0.2, 0.25) is 23.6 Å². The number of carboxylic acid groups (broad SMARTS) is 1. The molecule has 6 N–H and O–H groups in total. The third kappa shape index (κ3) is 8.14. The second kappa shape index (κ2) is 12.6. The zero-order valence-corrected chi connectivity index (χ0v) is 25.0. The van der Waals surface area contributed by atoms with Gasteiger partial charge in [-0.3, -0.25) is 19.2 Å². The lowest BCUT2D eigenvalue weighted by Crippen LogP contribution is -2.57.